The van der Waals surface area contributed by atoms with Crippen LogP contribution in [0.5, 0.6) is 0 Å². The van der Waals surface area contributed by atoms with Crippen LogP contribution in [0.4, 0.5) is 0 Å². The van der Waals surface area contributed by atoms with Gasteiger partial charge in [-0.2, -0.15) is 5.10 Å². The highest BCUT2D eigenvalue weighted by molar-refractivity contribution is 5.66. The third kappa shape index (κ3) is 4.20. The zero-order chi connectivity index (χ0) is 17.0. The third-order valence-electron chi connectivity index (χ3n) is 4.24. The highest BCUT2D eigenvalue weighted by atomic mass is 16.5. The van der Waals surface area contributed by atoms with E-state index in [0.29, 0.717) is 6.61 Å². The van der Waals surface area contributed by atoms with Gasteiger partial charge >= 0.3 is 5.97 Å². The van der Waals surface area contributed by atoms with Crippen LogP contribution >= 0.6 is 0 Å². The SMILES string of the molecule is CC(=O)OCc1c(C)cc(C)c(CNCc2ccnn2C)c1C. The summed E-state index contributed by atoms with van der Waals surface area (Å²) >= 11 is 0. The summed E-state index contributed by atoms with van der Waals surface area (Å²) in [6.07, 6.45) is 1.80. The number of nitrogens with zero attached hydrogens (tertiary/aromatic N) is 2. The van der Waals surface area contributed by atoms with E-state index >= 15 is 0 Å². The molecule has 0 atom stereocenters. The van der Waals surface area contributed by atoms with Crippen LogP contribution in [-0.2, 0) is 36.3 Å². The number of hydrogen-bond donors (Lipinski definition) is 1. The Labute approximate surface area is 137 Å². The average Bonchev–Trinajstić information content (AvgIpc) is 2.87. The van der Waals surface area contributed by atoms with Crippen LogP contribution in [0.25, 0.3) is 0 Å². The monoisotopic (exact) mass is 315 g/mol. The van der Waals surface area contributed by atoms with Gasteiger partial charge in [0.2, 0.25) is 0 Å². The number of hydrogen-bond acceptors (Lipinski definition) is 4. The van der Waals surface area contributed by atoms with Gasteiger partial charge in [-0.3, -0.25) is 9.48 Å². The summed E-state index contributed by atoms with van der Waals surface area (Å²) in [5, 5.41) is 7.64. The highest BCUT2D eigenvalue weighted by Gasteiger charge is 2.12. The number of aryl methyl sites for hydroxylation is 3. The molecule has 0 spiro atoms. The summed E-state index contributed by atoms with van der Waals surface area (Å²) in [6.45, 7) is 9.60. The lowest BCUT2D eigenvalue weighted by Crippen LogP contribution is -2.17. The number of carbonyl (C=O) groups excluding carboxylic acids is 1. The first-order valence-electron chi connectivity index (χ1n) is 7.79. The molecule has 0 unspecified atom stereocenters. The van der Waals surface area contributed by atoms with Crippen LogP contribution in [0.1, 0.15) is 40.4 Å². The lowest BCUT2D eigenvalue weighted by molar-refractivity contribution is -0.142. The Balaban J connectivity index is 2.12. The quantitative estimate of drug-likeness (QED) is 0.833. The molecule has 0 aliphatic rings. The number of aromatic nitrogens is 2. The zero-order valence-electron chi connectivity index (χ0n) is 14.6. The molecule has 0 fully saturated rings. The van der Waals surface area contributed by atoms with Gasteiger partial charge in [0.25, 0.3) is 0 Å². The second-order valence-electron chi connectivity index (χ2n) is 5.92. The first kappa shape index (κ1) is 17.2. The normalized spacial score (nSPS) is 10.8. The zero-order valence-corrected chi connectivity index (χ0v) is 14.6. The van der Waals surface area contributed by atoms with Crippen molar-refractivity contribution in [2.75, 3.05) is 0 Å². The minimum absolute atomic E-state index is 0.250. The van der Waals surface area contributed by atoms with Gasteiger partial charge in [0.05, 0.1) is 5.69 Å². The topological polar surface area (TPSA) is 56.1 Å². The van der Waals surface area contributed by atoms with E-state index in [1.54, 1.807) is 6.20 Å². The van der Waals surface area contributed by atoms with Crippen LogP contribution in [-0.4, -0.2) is 15.7 Å². The Morgan fingerprint density at radius 2 is 1.91 bits per heavy atom. The van der Waals surface area contributed by atoms with Crippen molar-refractivity contribution in [1.29, 1.82) is 0 Å². The summed E-state index contributed by atoms with van der Waals surface area (Å²) in [5.41, 5.74) is 7.12. The first-order chi connectivity index (χ1) is 10.9. The molecule has 1 heterocycles. The Kier molecular flexibility index (Phi) is 5.55. The fraction of sp³-hybridized carbons (Fsp3) is 0.444. The number of ether oxygens (including phenoxy) is 1. The molecule has 0 saturated carbocycles. The molecule has 0 aliphatic carbocycles. The molecule has 2 rings (SSSR count). The van der Waals surface area contributed by atoms with E-state index in [1.165, 1.54) is 23.6 Å². The number of esters is 1. The van der Waals surface area contributed by atoms with Gasteiger partial charge in [0, 0.05) is 33.3 Å². The number of nitrogens with one attached hydrogen (secondary N) is 1. The van der Waals surface area contributed by atoms with Gasteiger partial charge in [-0.05, 0) is 54.7 Å². The van der Waals surface area contributed by atoms with Crippen LogP contribution in [0.3, 0.4) is 0 Å². The van der Waals surface area contributed by atoms with E-state index in [-0.39, 0.29) is 5.97 Å². The molecule has 1 aromatic heterocycles. The predicted octanol–water partition coefficient (Wildman–Crippen LogP) is 2.70. The summed E-state index contributed by atoms with van der Waals surface area (Å²) in [5.74, 6) is -0.250. The minimum Gasteiger partial charge on any atom is -0.461 e. The van der Waals surface area contributed by atoms with Crippen molar-refractivity contribution in [2.24, 2.45) is 7.05 Å². The molecule has 0 radical (unpaired) electrons. The fourth-order valence-corrected chi connectivity index (χ4v) is 2.83. The molecule has 23 heavy (non-hydrogen) atoms. The van der Waals surface area contributed by atoms with Crippen molar-refractivity contribution in [3.63, 3.8) is 0 Å². The van der Waals surface area contributed by atoms with Gasteiger partial charge in [-0.25, -0.2) is 0 Å². The number of carbonyl (C=O) groups is 1. The van der Waals surface area contributed by atoms with E-state index in [1.807, 2.05) is 17.8 Å². The molecule has 5 heteroatoms. The molecule has 0 saturated heterocycles. The average molecular weight is 315 g/mol. The highest BCUT2D eigenvalue weighted by Crippen LogP contribution is 2.23. The van der Waals surface area contributed by atoms with Gasteiger partial charge in [-0.1, -0.05) is 6.07 Å². The van der Waals surface area contributed by atoms with Crippen molar-refractivity contribution < 1.29 is 9.53 Å². The summed E-state index contributed by atoms with van der Waals surface area (Å²) in [6, 6.07) is 4.17. The minimum atomic E-state index is -0.250. The van der Waals surface area contributed by atoms with E-state index in [0.717, 1.165) is 29.9 Å². The third-order valence-corrected chi connectivity index (χ3v) is 4.24. The van der Waals surface area contributed by atoms with Crippen LogP contribution in [0, 0.1) is 20.8 Å². The standard InChI is InChI=1S/C18H25N3O2/c1-12-8-13(2)18(11-23-15(4)22)14(3)17(12)10-19-9-16-6-7-20-21(16)5/h6-8,19H,9-11H2,1-5H3. The Bertz CT molecular complexity index is 705. The maximum atomic E-state index is 11.1. The second kappa shape index (κ2) is 7.42. The molecule has 0 bridgehead atoms. The maximum absolute atomic E-state index is 11.1. The molecule has 2 aromatic rings. The van der Waals surface area contributed by atoms with Crippen LogP contribution in [0.15, 0.2) is 18.3 Å². The molecule has 0 amide bonds. The largest absolute Gasteiger partial charge is 0.461 e. The van der Waals surface area contributed by atoms with Crippen LogP contribution in [0.2, 0.25) is 0 Å². The van der Waals surface area contributed by atoms with Gasteiger partial charge in [0.1, 0.15) is 6.61 Å². The van der Waals surface area contributed by atoms with E-state index in [9.17, 15) is 4.79 Å². The smallest absolute Gasteiger partial charge is 0.302 e. The molecule has 124 valence electrons. The van der Waals surface area contributed by atoms with E-state index in [4.69, 9.17) is 4.74 Å². The van der Waals surface area contributed by atoms with Gasteiger partial charge < -0.3 is 10.1 Å². The van der Waals surface area contributed by atoms with E-state index in [2.05, 4.69) is 37.3 Å². The van der Waals surface area contributed by atoms with Crippen molar-refractivity contribution in [3.8, 4) is 0 Å². The van der Waals surface area contributed by atoms with Crippen LogP contribution < -0.4 is 5.32 Å². The van der Waals surface area contributed by atoms with Crippen molar-refractivity contribution >= 4 is 5.97 Å². The van der Waals surface area contributed by atoms with Gasteiger partial charge in [0.15, 0.2) is 0 Å². The molecular weight excluding hydrogens is 290 g/mol. The van der Waals surface area contributed by atoms with Crippen molar-refractivity contribution in [2.45, 2.75) is 47.4 Å². The second-order valence-corrected chi connectivity index (χ2v) is 5.92. The number of benzene rings is 1. The van der Waals surface area contributed by atoms with Crippen molar-refractivity contribution in [3.05, 3.63) is 51.8 Å². The predicted molar refractivity (Wildman–Crippen MR) is 89.9 cm³/mol. The lowest BCUT2D eigenvalue weighted by Gasteiger charge is -2.18. The maximum Gasteiger partial charge on any atom is 0.302 e. The molecule has 1 N–H and O–H groups in total. The number of rotatable bonds is 6. The van der Waals surface area contributed by atoms with Gasteiger partial charge in [-0.15, -0.1) is 0 Å². The Morgan fingerprint density at radius 3 is 2.52 bits per heavy atom. The summed E-state index contributed by atoms with van der Waals surface area (Å²) in [7, 11) is 1.94. The van der Waals surface area contributed by atoms with Crippen molar-refractivity contribution in [1.82, 2.24) is 15.1 Å². The molecule has 0 aliphatic heterocycles. The molecule has 5 nitrogen and oxygen atoms in total. The summed E-state index contributed by atoms with van der Waals surface area (Å²) in [4.78, 5) is 11.1. The molecular formula is C18H25N3O2. The van der Waals surface area contributed by atoms with E-state index < -0.39 is 0 Å². The fourth-order valence-electron chi connectivity index (χ4n) is 2.83. The Morgan fingerprint density at radius 1 is 1.22 bits per heavy atom. The lowest BCUT2D eigenvalue weighted by atomic mass is 9.93. The Hall–Kier alpha value is -2.14. The summed E-state index contributed by atoms with van der Waals surface area (Å²) < 4.78 is 7.06. The molecule has 1 aromatic carbocycles. The first-order valence-corrected chi connectivity index (χ1v) is 7.79.